The molecule has 4 aromatic rings. The average molecular weight is 412 g/mol. The number of hydrogen-bond donors (Lipinski definition) is 2. The molecule has 1 aromatic heterocycles. The van der Waals surface area contributed by atoms with E-state index in [1.165, 1.54) is 0 Å². The van der Waals surface area contributed by atoms with Crippen molar-refractivity contribution in [1.29, 1.82) is 0 Å². The van der Waals surface area contributed by atoms with Crippen LogP contribution in [-0.4, -0.2) is 18.0 Å². The Morgan fingerprint density at radius 2 is 1.81 bits per heavy atom. The van der Waals surface area contributed by atoms with Gasteiger partial charge in [0.25, 0.3) is 5.91 Å². The van der Waals surface area contributed by atoms with Crippen molar-refractivity contribution >= 4 is 28.1 Å². The molecule has 4 rings (SSSR count). The van der Waals surface area contributed by atoms with E-state index in [2.05, 4.69) is 39.9 Å². The van der Waals surface area contributed by atoms with Crippen LogP contribution in [0.1, 0.15) is 34.5 Å². The van der Waals surface area contributed by atoms with Crippen molar-refractivity contribution < 1.29 is 9.53 Å². The summed E-state index contributed by atoms with van der Waals surface area (Å²) < 4.78 is 5.30. The molecule has 0 saturated heterocycles. The Hall–Kier alpha value is -3.86. The highest BCUT2D eigenvalue weighted by Crippen LogP contribution is 2.27. The molecule has 0 aliphatic heterocycles. The number of benzene rings is 3. The maximum atomic E-state index is 13.1. The summed E-state index contributed by atoms with van der Waals surface area (Å²) in [6, 6.07) is 23.7. The van der Waals surface area contributed by atoms with E-state index in [0.29, 0.717) is 11.4 Å². The van der Waals surface area contributed by atoms with Gasteiger partial charge in [-0.15, -0.1) is 0 Å². The lowest BCUT2D eigenvalue weighted by molar-refractivity contribution is 0.0939. The Bertz CT molecular complexity index is 1230. The zero-order valence-corrected chi connectivity index (χ0v) is 17.8. The summed E-state index contributed by atoms with van der Waals surface area (Å²) in [7, 11) is 1.58. The van der Waals surface area contributed by atoms with Crippen LogP contribution in [-0.2, 0) is 0 Å². The third-order valence-electron chi connectivity index (χ3n) is 5.36. The lowest BCUT2D eigenvalue weighted by atomic mass is 9.99. The molecular formula is C26H25N3O2. The van der Waals surface area contributed by atoms with Gasteiger partial charge in [-0.25, -0.2) is 4.98 Å². The summed E-state index contributed by atoms with van der Waals surface area (Å²) in [4.78, 5) is 17.3. The van der Waals surface area contributed by atoms with Crippen LogP contribution in [0, 0.1) is 6.92 Å². The first kappa shape index (κ1) is 20.4. The normalized spacial score (nSPS) is 11.7. The molecular weight excluding hydrogens is 386 g/mol. The molecule has 0 unspecified atom stereocenters. The summed E-state index contributed by atoms with van der Waals surface area (Å²) in [5.74, 6) is 0.387. The maximum absolute atomic E-state index is 13.1. The van der Waals surface area contributed by atoms with E-state index in [0.717, 1.165) is 33.3 Å². The topological polar surface area (TPSA) is 63.2 Å². The number of ether oxygens (including phenoxy) is 1. The van der Waals surface area contributed by atoms with Crippen LogP contribution in [0.3, 0.4) is 0 Å². The number of nitrogens with zero attached hydrogens (tertiary/aromatic N) is 1. The quantitative estimate of drug-likeness (QED) is 0.422. The number of anilines is 2. The minimum Gasteiger partial charge on any atom is -0.480 e. The van der Waals surface area contributed by atoms with Crippen molar-refractivity contribution in [3.63, 3.8) is 0 Å². The second kappa shape index (κ2) is 8.88. The van der Waals surface area contributed by atoms with Crippen LogP contribution in [0.2, 0.25) is 0 Å². The molecule has 3 aromatic carbocycles. The van der Waals surface area contributed by atoms with Gasteiger partial charge in [-0.2, -0.15) is 0 Å². The van der Waals surface area contributed by atoms with Gasteiger partial charge in [-0.3, -0.25) is 4.79 Å². The molecule has 0 radical (unpaired) electrons. The van der Waals surface area contributed by atoms with Crippen molar-refractivity contribution in [2.45, 2.75) is 19.9 Å². The number of carbonyl (C=O) groups excluding carboxylic acids is 1. The number of methoxy groups -OCH3 is 1. The third kappa shape index (κ3) is 4.36. The molecule has 0 aliphatic rings. The first-order valence-electron chi connectivity index (χ1n) is 10.2. The van der Waals surface area contributed by atoms with E-state index < -0.39 is 0 Å². The lowest BCUT2D eigenvalue weighted by Gasteiger charge is -2.18. The summed E-state index contributed by atoms with van der Waals surface area (Å²) in [5, 5.41) is 8.75. The first-order valence-corrected chi connectivity index (χ1v) is 10.2. The Balaban J connectivity index is 1.57. The Kier molecular flexibility index (Phi) is 5.85. The van der Waals surface area contributed by atoms with Gasteiger partial charge < -0.3 is 15.4 Å². The highest BCUT2D eigenvalue weighted by molar-refractivity contribution is 5.97. The molecule has 31 heavy (non-hydrogen) atoms. The van der Waals surface area contributed by atoms with Crippen LogP contribution >= 0.6 is 0 Å². The second-order valence-corrected chi connectivity index (χ2v) is 7.48. The fourth-order valence-corrected chi connectivity index (χ4v) is 3.73. The number of aryl methyl sites for hydroxylation is 1. The fraction of sp³-hybridized carbons (Fsp3) is 0.154. The smallest absolute Gasteiger partial charge is 0.252 e. The van der Waals surface area contributed by atoms with Gasteiger partial charge in [0, 0.05) is 17.4 Å². The predicted molar refractivity (Wildman–Crippen MR) is 125 cm³/mol. The van der Waals surface area contributed by atoms with Crippen LogP contribution in [0.4, 0.5) is 11.4 Å². The number of nitrogens with one attached hydrogen (secondary N) is 2. The Labute approximate surface area is 182 Å². The van der Waals surface area contributed by atoms with Crippen molar-refractivity contribution in [2.24, 2.45) is 0 Å². The van der Waals surface area contributed by atoms with Crippen molar-refractivity contribution in [1.82, 2.24) is 10.3 Å². The van der Waals surface area contributed by atoms with E-state index >= 15 is 0 Å². The standard InChI is InChI=1S/C26H25N3O2/c1-17-13-14-20(29-24-12-7-15-27-26(24)31-3)16-23(17)25(30)28-18(2)21-11-6-9-19-8-4-5-10-22(19)21/h4-16,18,29H,1-3H3,(H,28,30)/t18-/m1/s1. The van der Waals surface area contributed by atoms with E-state index in [-0.39, 0.29) is 11.9 Å². The number of pyridine rings is 1. The van der Waals surface area contributed by atoms with Crippen LogP contribution in [0.5, 0.6) is 5.88 Å². The fourth-order valence-electron chi connectivity index (χ4n) is 3.73. The lowest BCUT2D eigenvalue weighted by Crippen LogP contribution is -2.27. The van der Waals surface area contributed by atoms with E-state index in [9.17, 15) is 4.79 Å². The highest BCUT2D eigenvalue weighted by Gasteiger charge is 2.16. The Morgan fingerprint density at radius 3 is 2.65 bits per heavy atom. The number of hydrogen-bond acceptors (Lipinski definition) is 4. The molecule has 5 nitrogen and oxygen atoms in total. The molecule has 1 heterocycles. The number of carbonyl (C=O) groups is 1. The van der Waals surface area contributed by atoms with Gasteiger partial charge in [0.05, 0.1) is 13.2 Å². The molecule has 0 bridgehead atoms. The summed E-state index contributed by atoms with van der Waals surface area (Å²) in [5.41, 5.74) is 4.16. The molecule has 5 heteroatoms. The van der Waals surface area contributed by atoms with E-state index in [1.54, 1.807) is 13.3 Å². The Morgan fingerprint density at radius 1 is 1.00 bits per heavy atom. The molecule has 1 atom stereocenters. The highest BCUT2D eigenvalue weighted by atomic mass is 16.5. The summed E-state index contributed by atoms with van der Waals surface area (Å²) >= 11 is 0. The van der Waals surface area contributed by atoms with Gasteiger partial charge >= 0.3 is 0 Å². The van der Waals surface area contributed by atoms with Crippen LogP contribution in [0.15, 0.2) is 79.0 Å². The third-order valence-corrected chi connectivity index (χ3v) is 5.36. The minimum atomic E-state index is -0.131. The second-order valence-electron chi connectivity index (χ2n) is 7.48. The molecule has 1 amide bonds. The number of aromatic nitrogens is 1. The van der Waals surface area contributed by atoms with Gasteiger partial charge in [0.1, 0.15) is 5.69 Å². The molecule has 0 fully saturated rings. The van der Waals surface area contributed by atoms with Crippen LogP contribution < -0.4 is 15.4 Å². The van der Waals surface area contributed by atoms with E-state index in [1.807, 2.05) is 62.4 Å². The van der Waals surface area contributed by atoms with E-state index in [4.69, 9.17) is 4.74 Å². The molecule has 0 saturated carbocycles. The van der Waals surface area contributed by atoms with Gasteiger partial charge in [0.2, 0.25) is 5.88 Å². The SMILES string of the molecule is COc1ncccc1Nc1ccc(C)c(C(=O)N[C@H](C)c2cccc3ccccc23)c1. The zero-order chi connectivity index (χ0) is 21.8. The van der Waals surface area contributed by atoms with Crippen molar-refractivity contribution in [3.8, 4) is 5.88 Å². The van der Waals surface area contributed by atoms with Gasteiger partial charge in [-0.05, 0) is 60.0 Å². The number of fused-ring (bicyclic) bond motifs is 1. The number of amides is 1. The molecule has 156 valence electrons. The molecule has 2 N–H and O–H groups in total. The summed E-state index contributed by atoms with van der Waals surface area (Å²) in [6.45, 7) is 3.95. The minimum absolute atomic E-state index is 0.111. The maximum Gasteiger partial charge on any atom is 0.252 e. The zero-order valence-electron chi connectivity index (χ0n) is 17.8. The first-order chi connectivity index (χ1) is 15.1. The largest absolute Gasteiger partial charge is 0.480 e. The monoisotopic (exact) mass is 411 g/mol. The van der Waals surface area contributed by atoms with Crippen LogP contribution in [0.25, 0.3) is 10.8 Å². The average Bonchev–Trinajstić information content (AvgIpc) is 2.80. The van der Waals surface area contributed by atoms with Gasteiger partial charge in [-0.1, -0.05) is 48.5 Å². The number of rotatable bonds is 6. The summed E-state index contributed by atoms with van der Waals surface area (Å²) in [6.07, 6.45) is 1.67. The van der Waals surface area contributed by atoms with Crippen molar-refractivity contribution in [3.05, 3.63) is 95.7 Å². The molecule has 0 spiro atoms. The van der Waals surface area contributed by atoms with Crippen molar-refractivity contribution in [2.75, 3.05) is 12.4 Å². The van der Waals surface area contributed by atoms with Gasteiger partial charge in [0.15, 0.2) is 0 Å². The predicted octanol–water partition coefficient (Wildman–Crippen LogP) is 5.79. The molecule has 0 aliphatic carbocycles.